The van der Waals surface area contributed by atoms with Gasteiger partial charge in [0.2, 0.25) is 0 Å². The van der Waals surface area contributed by atoms with Crippen molar-refractivity contribution in [3.05, 3.63) is 78.4 Å². The summed E-state index contributed by atoms with van der Waals surface area (Å²) in [5.74, 6) is 0.575. The lowest BCUT2D eigenvalue weighted by molar-refractivity contribution is -0.141. The van der Waals surface area contributed by atoms with Crippen molar-refractivity contribution >= 4 is 23.4 Å². The number of hydrogen-bond donors (Lipinski definition) is 0. The number of esters is 1. The summed E-state index contributed by atoms with van der Waals surface area (Å²) >= 11 is 1.32. The monoisotopic (exact) mass is 376 g/mol. The van der Waals surface area contributed by atoms with Gasteiger partial charge >= 0.3 is 5.97 Å². The Morgan fingerprint density at radius 1 is 0.926 bits per heavy atom. The number of benzene rings is 2. The Labute approximate surface area is 160 Å². The molecule has 7 heteroatoms. The lowest BCUT2D eigenvalue weighted by atomic mass is 10.2. The van der Waals surface area contributed by atoms with Crippen molar-refractivity contribution in [3.63, 3.8) is 0 Å². The SMILES string of the molecule is O=C(CSc1ccc2nnc(-c3ccccc3)n2n1)OCc1ccccc1. The van der Waals surface area contributed by atoms with E-state index in [0.29, 0.717) is 16.5 Å². The number of carbonyl (C=O) groups excluding carboxylic acids is 1. The van der Waals surface area contributed by atoms with E-state index in [2.05, 4.69) is 15.3 Å². The molecule has 0 spiro atoms. The first kappa shape index (κ1) is 17.2. The van der Waals surface area contributed by atoms with Crippen LogP contribution in [0.5, 0.6) is 0 Å². The van der Waals surface area contributed by atoms with E-state index >= 15 is 0 Å². The maximum Gasteiger partial charge on any atom is 0.316 e. The van der Waals surface area contributed by atoms with Crippen molar-refractivity contribution in [1.29, 1.82) is 0 Å². The number of rotatable bonds is 6. The summed E-state index contributed by atoms with van der Waals surface area (Å²) in [5.41, 5.74) is 2.55. The molecule has 2 aromatic heterocycles. The molecule has 0 saturated heterocycles. The summed E-state index contributed by atoms with van der Waals surface area (Å²) in [6.07, 6.45) is 0. The largest absolute Gasteiger partial charge is 0.460 e. The Morgan fingerprint density at radius 2 is 1.67 bits per heavy atom. The Hall–Kier alpha value is -3.19. The Bertz CT molecular complexity index is 1050. The summed E-state index contributed by atoms with van der Waals surface area (Å²) in [6.45, 7) is 0.274. The van der Waals surface area contributed by atoms with Gasteiger partial charge < -0.3 is 4.74 Å². The van der Waals surface area contributed by atoms with E-state index in [4.69, 9.17) is 4.74 Å². The van der Waals surface area contributed by atoms with E-state index in [-0.39, 0.29) is 18.3 Å². The van der Waals surface area contributed by atoms with Crippen LogP contribution in [0.25, 0.3) is 17.0 Å². The fraction of sp³-hybridized carbons (Fsp3) is 0.100. The number of hydrogen-bond acceptors (Lipinski definition) is 6. The van der Waals surface area contributed by atoms with Gasteiger partial charge in [0.05, 0.1) is 5.75 Å². The van der Waals surface area contributed by atoms with Gasteiger partial charge in [-0.05, 0) is 17.7 Å². The molecule has 27 heavy (non-hydrogen) atoms. The first-order valence-corrected chi connectivity index (χ1v) is 9.38. The molecule has 4 rings (SSSR count). The molecule has 0 atom stereocenters. The van der Waals surface area contributed by atoms with Gasteiger partial charge in [-0.1, -0.05) is 72.4 Å². The maximum atomic E-state index is 12.0. The van der Waals surface area contributed by atoms with E-state index in [0.717, 1.165) is 11.1 Å². The fourth-order valence-electron chi connectivity index (χ4n) is 2.53. The van der Waals surface area contributed by atoms with Crippen LogP contribution in [0.1, 0.15) is 5.56 Å². The molecule has 0 radical (unpaired) electrons. The Balaban J connectivity index is 1.42. The van der Waals surface area contributed by atoms with Crippen molar-refractivity contribution < 1.29 is 9.53 Å². The summed E-state index contributed by atoms with van der Waals surface area (Å²) in [6, 6.07) is 23.0. The van der Waals surface area contributed by atoms with Gasteiger partial charge in [0.25, 0.3) is 0 Å². The molecule has 6 nitrogen and oxygen atoms in total. The Kier molecular flexibility index (Phi) is 5.11. The Morgan fingerprint density at radius 3 is 2.44 bits per heavy atom. The third-order valence-electron chi connectivity index (χ3n) is 3.85. The number of thioether (sulfide) groups is 1. The van der Waals surface area contributed by atoms with Crippen molar-refractivity contribution in [3.8, 4) is 11.4 Å². The predicted octanol–water partition coefficient (Wildman–Crippen LogP) is 3.63. The molecule has 0 saturated carbocycles. The highest BCUT2D eigenvalue weighted by molar-refractivity contribution is 7.99. The second-order valence-corrected chi connectivity index (χ2v) is 6.76. The van der Waals surface area contributed by atoms with Crippen LogP contribution in [-0.4, -0.2) is 31.5 Å². The summed E-state index contributed by atoms with van der Waals surface area (Å²) in [7, 11) is 0. The second kappa shape index (κ2) is 8.01. The third-order valence-corrected chi connectivity index (χ3v) is 4.74. The third kappa shape index (κ3) is 4.15. The van der Waals surface area contributed by atoms with E-state index in [1.807, 2.05) is 72.8 Å². The first-order valence-electron chi connectivity index (χ1n) is 8.40. The second-order valence-electron chi connectivity index (χ2n) is 5.77. The molecule has 0 aliphatic rings. The molecule has 2 heterocycles. The van der Waals surface area contributed by atoms with Crippen LogP contribution in [-0.2, 0) is 16.1 Å². The van der Waals surface area contributed by atoms with E-state index in [9.17, 15) is 4.79 Å². The van der Waals surface area contributed by atoms with E-state index in [1.54, 1.807) is 4.52 Å². The minimum absolute atomic E-state index is 0.189. The average Bonchev–Trinajstić information content (AvgIpc) is 3.15. The summed E-state index contributed by atoms with van der Waals surface area (Å²) < 4.78 is 6.98. The lowest BCUT2D eigenvalue weighted by Gasteiger charge is -2.05. The highest BCUT2D eigenvalue weighted by atomic mass is 32.2. The number of fused-ring (bicyclic) bond motifs is 1. The van der Waals surface area contributed by atoms with Crippen LogP contribution in [0.3, 0.4) is 0 Å². The molecule has 0 N–H and O–H groups in total. The maximum absolute atomic E-state index is 12.0. The molecule has 0 fully saturated rings. The zero-order valence-corrected chi connectivity index (χ0v) is 15.2. The molecule has 0 aliphatic carbocycles. The van der Waals surface area contributed by atoms with Gasteiger partial charge in [-0.3, -0.25) is 4.79 Å². The number of ether oxygens (including phenoxy) is 1. The summed E-state index contributed by atoms with van der Waals surface area (Å²) in [5, 5.41) is 13.6. The molecule has 4 aromatic rings. The number of nitrogens with zero attached hydrogens (tertiary/aromatic N) is 4. The van der Waals surface area contributed by atoms with Crippen LogP contribution in [0.4, 0.5) is 0 Å². The van der Waals surface area contributed by atoms with Gasteiger partial charge in [0.15, 0.2) is 11.5 Å². The normalized spacial score (nSPS) is 10.8. The molecule has 0 aliphatic heterocycles. The van der Waals surface area contributed by atoms with Crippen molar-refractivity contribution in [2.45, 2.75) is 11.6 Å². The van der Waals surface area contributed by atoms with Gasteiger partial charge in [0, 0.05) is 5.56 Å². The highest BCUT2D eigenvalue weighted by Crippen LogP contribution is 2.20. The van der Waals surface area contributed by atoms with Crippen LogP contribution < -0.4 is 0 Å². The number of aromatic nitrogens is 4. The van der Waals surface area contributed by atoms with Crippen molar-refractivity contribution in [2.75, 3.05) is 5.75 Å². The summed E-state index contributed by atoms with van der Waals surface area (Å²) in [4.78, 5) is 12.0. The topological polar surface area (TPSA) is 69.4 Å². The van der Waals surface area contributed by atoms with E-state index in [1.165, 1.54) is 11.8 Å². The molecule has 0 unspecified atom stereocenters. The smallest absolute Gasteiger partial charge is 0.316 e. The van der Waals surface area contributed by atoms with Gasteiger partial charge in [0.1, 0.15) is 11.6 Å². The molecular weight excluding hydrogens is 360 g/mol. The average molecular weight is 376 g/mol. The van der Waals surface area contributed by atoms with Crippen LogP contribution in [0.15, 0.2) is 77.8 Å². The molecular formula is C20H16N4O2S. The predicted molar refractivity (Wildman–Crippen MR) is 103 cm³/mol. The lowest BCUT2D eigenvalue weighted by Crippen LogP contribution is -2.07. The standard InChI is InChI=1S/C20H16N4O2S/c25-19(26-13-15-7-3-1-4-8-15)14-27-18-12-11-17-21-22-20(24(17)23-18)16-9-5-2-6-10-16/h1-12H,13-14H2. The minimum Gasteiger partial charge on any atom is -0.460 e. The zero-order chi connectivity index (χ0) is 18.5. The zero-order valence-electron chi connectivity index (χ0n) is 14.4. The first-order chi connectivity index (χ1) is 13.3. The van der Waals surface area contributed by atoms with E-state index < -0.39 is 0 Å². The van der Waals surface area contributed by atoms with Gasteiger partial charge in [-0.25, -0.2) is 0 Å². The molecule has 134 valence electrons. The van der Waals surface area contributed by atoms with Gasteiger partial charge in [-0.2, -0.15) is 9.61 Å². The van der Waals surface area contributed by atoms with Crippen molar-refractivity contribution in [2.24, 2.45) is 0 Å². The van der Waals surface area contributed by atoms with Crippen molar-refractivity contribution in [1.82, 2.24) is 19.8 Å². The molecule has 2 aromatic carbocycles. The molecule has 0 amide bonds. The minimum atomic E-state index is -0.280. The van der Waals surface area contributed by atoms with Gasteiger partial charge in [-0.15, -0.1) is 10.2 Å². The quantitative estimate of drug-likeness (QED) is 0.378. The number of carbonyl (C=O) groups is 1. The molecule has 0 bridgehead atoms. The van der Waals surface area contributed by atoms with Crippen LogP contribution >= 0.6 is 11.8 Å². The van der Waals surface area contributed by atoms with Crippen LogP contribution in [0, 0.1) is 0 Å². The van der Waals surface area contributed by atoms with Crippen LogP contribution in [0.2, 0.25) is 0 Å². The fourth-order valence-corrected chi connectivity index (χ4v) is 3.18. The highest BCUT2D eigenvalue weighted by Gasteiger charge is 2.11.